The van der Waals surface area contributed by atoms with Crippen LogP contribution in [0.15, 0.2) is 0 Å². The zero-order chi connectivity index (χ0) is 11.1. The van der Waals surface area contributed by atoms with Crippen LogP contribution in [0.2, 0.25) is 0 Å². The van der Waals surface area contributed by atoms with Crippen LogP contribution >= 0.6 is 12.2 Å². The number of amides is 1. The van der Waals surface area contributed by atoms with E-state index in [1.54, 1.807) is 0 Å². The van der Waals surface area contributed by atoms with Crippen molar-refractivity contribution in [2.75, 3.05) is 13.1 Å². The van der Waals surface area contributed by atoms with Gasteiger partial charge in [0.15, 0.2) is 0 Å². The first kappa shape index (κ1) is 13.4. The highest BCUT2D eigenvalue weighted by molar-refractivity contribution is 7.80. The molecule has 0 rings (SSSR count). The minimum absolute atomic E-state index is 0.0490. The quantitative estimate of drug-likeness (QED) is 0.685. The Labute approximate surface area is 91.6 Å². The third-order valence-corrected chi connectivity index (χ3v) is 2.13. The van der Waals surface area contributed by atoms with E-state index >= 15 is 0 Å². The molecule has 3 nitrogen and oxygen atoms in total. The molecule has 0 aliphatic carbocycles. The number of rotatable bonds is 6. The summed E-state index contributed by atoms with van der Waals surface area (Å²) in [6, 6.07) is 0. The molecule has 0 aliphatic heterocycles. The molecule has 0 aliphatic rings. The van der Waals surface area contributed by atoms with Gasteiger partial charge in [0.1, 0.15) is 0 Å². The summed E-state index contributed by atoms with van der Waals surface area (Å²) in [4.78, 5) is 14.0. The number of hydrogen-bond donors (Lipinski definition) is 1. The maximum absolute atomic E-state index is 11.7. The van der Waals surface area contributed by atoms with Crippen molar-refractivity contribution in [3.63, 3.8) is 0 Å². The number of carbonyl (C=O) groups is 1. The monoisotopic (exact) mass is 216 g/mol. The van der Waals surface area contributed by atoms with E-state index in [1.807, 2.05) is 18.7 Å². The smallest absolute Gasteiger partial charge is 0.225 e. The van der Waals surface area contributed by atoms with Gasteiger partial charge in [0.2, 0.25) is 5.91 Å². The van der Waals surface area contributed by atoms with Crippen LogP contribution in [0, 0.1) is 5.92 Å². The first-order chi connectivity index (χ1) is 6.49. The van der Waals surface area contributed by atoms with Gasteiger partial charge in [0.05, 0.1) is 4.99 Å². The summed E-state index contributed by atoms with van der Waals surface area (Å²) in [7, 11) is 0. The van der Waals surface area contributed by atoms with E-state index in [2.05, 4.69) is 6.92 Å². The Hall–Kier alpha value is -0.640. The van der Waals surface area contributed by atoms with E-state index < -0.39 is 0 Å². The van der Waals surface area contributed by atoms with Gasteiger partial charge < -0.3 is 10.6 Å². The molecule has 0 saturated heterocycles. The fourth-order valence-corrected chi connectivity index (χ4v) is 1.30. The second kappa shape index (κ2) is 6.76. The summed E-state index contributed by atoms with van der Waals surface area (Å²) >= 11 is 4.79. The molecule has 14 heavy (non-hydrogen) atoms. The third kappa shape index (κ3) is 5.17. The van der Waals surface area contributed by atoms with E-state index in [-0.39, 0.29) is 11.8 Å². The molecule has 82 valence electrons. The van der Waals surface area contributed by atoms with Crippen LogP contribution in [0.25, 0.3) is 0 Å². The van der Waals surface area contributed by atoms with Crippen molar-refractivity contribution < 1.29 is 4.79 Å². The fourth-order valence-electron chi connectivity index (χ4n) is 1.21. The lowest BCUT2D eigenvalue weighted by Gasteiger charge is -2.23. The van der Waals surface area contributed by atoms with Crippen molar-refractivity contribution in [1.82, 2.24) is 4.90 Å². The van der Waals surface area contributed by atoms with Crippen molar-refractivity contribution >= 4 is 23.1 Å². The van der Waals surface area contributed by atoms with E-state index in [0.29, 0.717) is 18.0 Å². The highest BCUT2D eigenvalue weighted by atomic mass is 32.1. The van der Waals surface area contributed by atoms with Crippen molar-refractivity contribution in [2.45, 2.75) is 33.6 Å². The van der Waals surface area contributed by atoms with E-state index in [4.69, 9.17) is 18.0 Å². The molecule has 0 aromatic heterocycles. The molecule has 0 spiro atoms. The summed E-state index contributed by atoms with van der Waals surface area (Å²) in [6.07, 6.45) is 1.59. The minimum Gasteiger partial charge on any atom is -0.393 e. The molecule has 4 heteroatoms. The number of carbonyl (C=O) groups excluding carboxylic acids is 1. The molecule has 0 bridgehead atoms. The van der Waals surface area contributed by atoms with Crippen molar-refractivity contribution in [2.24, 2.45) is 11.7 Å². The molecule has 1 amide bonds. The van der Waals surface area contributed by atoms with Gasteiger partial charge in [-0.15, -0.1) is 0 Å². The van der Waals surface area contributed by atoms with Crippen LogP contribution < -0.4 is 5.73 Å². The average Bonchev–Trinajstić information content (AvgIpc) is 2.10. The first-order valence-electron chi connectivity index (χ1n) is 5.06. The molecule has 0 aromatic carbocycles. The van der Waals surface area contributed by atoms with Crippen LogP contribution in [-0.4, -0.2) is 28.9 Å². The molecule has 0 saturated carbocycles. The lowest BCUT2D eigenvalue weighted by atomic mass is 10.2. The van der Waals surface area contributed by atoms with Gasteiger partial charge in [-0.25, -0.2) is 0 Å². The normalized spacial score (nSPS) is 10.3. The topological polar surface area (TPSA) is 46.3 Å². The van der Waals surface area contributed by atoms with Gasteiger partial charge in [-0.05, 0) is 6.42 Å². The van der Waals surface area contributed by atoms with Crippen molar-refractivity contribution in [3.05, 3.63) is 0 Å². The predicted octanol–water partition coefficient (Wildman–Crippen LogP) is 1.56. The Morgan fingerprint density at radius 2 is 2.00 bits per heavy atom. The summed E-state index contributed by atoms with van der Waals surface area (Å²) < 4.78 is 0. The van der Waals surface area contributed by atoms with Crippen LogP contribution in [0.4, 0.5) is 0 Å². The minimum atomic E-state index is 0.0490. The summed E-state index contributed by atoms with van der Waals surface area (Å²) in [5.74, 6) is 0.232. The molecule has 0 fully saturated rings. The molecule has 2 N–H and O–H groups in total. The maximum atomic E-state index is 11.7. The summed E-state index contributed by atoms with van der Waals surface area (Å²) in [5, 5.41) is 0. The third-order valence-electron chi connectivity index (χ3n) is 1.93. The van der Waals surface area contributed by atoms with Gasteiger partial charge in [-0.2, -0.15) is 0 Å². The Morgan fingerprint density at radius 3 is 2.36 bits per heavy atom. The highest BCUT2D eigenvalue weighted by Crippen LogP contribution is 2.03. The Balaban J connectivity index is 4.14. The molecule has 0 radical (unpaired) electrons. The SMILES string of the molecule is CCCN(CCC(N)=S)C(=O)C(C)C. The van der Waals surface area contributed by atoms with E-state index in [9.17, 15) is 4.79 Å². The molecular weight excluding hydrogens is 196 g/mol. The molecule has 0 aromatic rings. The maximum Gasteiger partial charge on any atom is 0.225 e. The van der Waals surface area contributed by atoms with Crippen molar-refractivity contribution in [3.8, 4) is 0 Å². The first-order valence-corrected chi connectivity index (χ1v) is 5.47. The van der Waals surface area contributed by atoms with E-state index in [1.165, 1.54) is 0 Å². The number of hydrogen-bond acceptors (Lipinski definition) is 2. The number of thiocarbonyl (C=S) groups is 1. The van der Waals surface area contributed by atoms with Gasteiger partial charge in [-0.3, -0.25) is 4.79 Å². The Morgan fingerprint density at radius 1 is 1.43 bits per heavy atom. The van der Waals surface area contributed by atoms with Crippen molar-refractivity contribution in [1.29, 1.82) is 0 Å². The molecule has 0 heterocycles. The van der Waals surface area contributed by atoms with Gasteiger partial charge in [0, 0.05) is 25.4 Å². The number of nitrogens with two attached hydrogens (primary N) is 1. The van der Waals surface area contributed by atoms with E-state index in [0.717, 1.165) is 13.0 Å². The number of nitrogens with zero attached hydrogens (tertiary/aromatic N) is 1. The zero-order valence-corrected chi connectivity index (χ0v) is 10.1. The van der Waals surface area contributed by atoms with Crippen LogP contribution in [-0.2, 0) is 4.79 Å². The average molecular weight is 216 g/mol. The van der Waals surface area contributed by atoms with Crippen LogP contribution in [0.5, 0.6) is 0 Å². The summed E-state index contributed by atoms with van der Waals surface area (Å²) in [5.41, 5.74) is 5.41. The lowest BCUT2D eigenvalue weighted by Crippen LogP contribution is -2.37. The second-order valence-corrected chi connectivity index (χ2v) is 4.22. The van der Waals surface area contributed by atoms with Gasteiger partial charge in [0.25, 0.3) is 0 Å². The zero-order valence-electron chi connectivity index (χ0n) is 9.25. The standard InChI is InChI=1S/C10H20N2OS/c1-4-6-12(7-5-9(11)14)10(13)8(2)3/h8H,4-7H2,1-3H3,(H2,11,14). The predicted molar refractivity (Wildman–Crippen MR) is 63.1 cm³/mol. The highest BCUT2D eigenvalue weighted by Gasteiger charge is 2.15. The molecule has 0 unspecified atom stereocenters. The van der Waals surface area contributed by atoms with Crippen LogP contribution in [0.3, 0.4) is 0 Å². The van der Waals surface area contributed by atoms with Crippen LogP contribution in [0.1, 0.15) is 33.6 Å². The van der Waals surface area contributed by atoms with Gasteiger partial charge >= 0.3 is 0 Å². The summed E-state index contributed by atoms with van der Waals surface area (Å²) in [6.45, 7) is 7.32. The molecule has 0 atom stereocenters. The Bertz CT molecular complexity index is 204. The second-order valence-electron chi connectivity index (χ2n) is 3.70. The fraction of sp³-hybridized carbons (Fsp3) is 0.800. The Kier molecular flexibility index (Phi) is 6.45. The lowest BCUT2D eigenvalue weighted by molar-refractivity contribution is -0.134. The van der Waals surface area contributed by atoms with Gasteiger partial charge in [-0.1, -0.05) is 33.0 Å². The largest absolute Gasteiger partial charge is 0.393 e. The molecular formula is C10H20N2OS.